The van der Waals surface area contributed by atoms with Gasteiger partial charge in [0.2, 0.25) is 9.21 Å². The number of imidazole rings is 1. The molecule has 13 heavy (non-hydrogen) atoms. The van der Waals surface area contributed by atoms with Crippen LogP contribution in [0, 0.1) is 0 Å². The molecule has 0 amide bonds. The standard InChI is InChI=1S/C9H14Br2N2/c1-3-5-6-13-7(4-2)12-8(10)9(13)11/h3-6H2,1-2H3/p+1. The van der Waals surface area contributed by atoms with Crippen molar-refractivity contribution in [3.63, 3.8) is 0 Å². The quantitative estimate of drug-likeness (QED) is 0.824. The SMILES string of the molecule is CCCC[n+]1c(CC)[nH]c(Br)c1Br. The number of nitrogens with zero attached hydrogens (tertiary/aromatic N) is 1. The maximum atomic E-state index is 3.56. The predicted octanol–water partition coefficient (Wildman–Crippen LogP) is 3.19. The van der Waals surface area contributed by atoms with E-state index in [1.165, 1.54) is 18.7 Å². The highest BCUT2D eigenvalue weighted by Gasteiger charge is 2.18. The summed E-state index contributed by atoms with van der Waals surface area (Å²) in [6.45, 7) is 5.46. The number of aromatic amines is 1. The lowest BCUT2D eigenvalue weighted by Crippen LogP contribution is -2.37. The normalized spacial score (nSPS) is 10.8. The Kier molecular flexibility index (Phi) is 4.46. The summed E-state index contributed by atoms with van der Waals surface area (Å²) in [5.41, 5.74) is 0. The molecule has 0 aliphatic rings. The van der Waals surface area contributed by atoms with E-state index in [2.05, 4.69) is 55.3 Å². The summed E-state index contributed by atoms with van der Waals surface area (Å²) in [6, 6.07) is 0. The first-order valence-electron chi connectivity index (χ1n) is 4.66. The molecule has 1 N–H and O–H groups in total. The van der Waals surface area contributed by atoms with Crippen LogP contribution in [-0.4, -0.2) is 4.98 Å². The van der Waals surface area contributed by atoms with Crippen molar-refractivity contribution in [1.82, 2.24) is 4.98 Å². The number of aryl methyl sites for hydroxylation is 1. The zero-order chi connectivity index (χ0) is 9.84. The lowest BCUT2D eigenvalue weighted by molar-refractivity contribution is -0.713. The van der Waals surface area contributed by atoms with Crippen LogP contribution in [0.25, 0.3) is 0 Å². The number of rotatable bonds is 4. The molecule has 1 aromatic rings. The highest BCUT2D eigenvalue weighted by molar-refractivity contribution is 9.13. The van der Waals surface area contributed by atoms with Gasteiger partial charge in [0.25, 0.3) is 5.82 Å². The van der Waals surface area contributed by atoms with Gasteiger partial charge in [-0.1, -0.05) is 20.3 Å². The highest BCUT2D eigenvalue weighted by Crippen LogP contribution is 2.18. The molecule has 1 heterocycles. The van der Waals surface area contributed by atoms with E-state index < -0.39 is 0 Å². The summed E-state index contributed by atoms with van der Waals surface area (Å²) < 4.78 is 4.45. The lowest BCUT2D eigenvalue weighted by atomic mass is 10.3. The van der Waals surface area contributed by atoms with Crippen LogP contribution in [0.5, 0.6) is 0 Å². The molecule has 1 rings (SSSR count). The minimum atomic E-state index is 1.04. The van der Waals surface area contributed by atoms with Gasteiger partial charge >= 0.3 is 0 Å². The van der Waals surface area contributed by atoms with E-state index in [1.54, 1.807) is 0 Å². The third kappa shape index (κ3) is 2.56. The van der Waals surface area contributed by atoms with Crippen LogP contribution in [0.1, 0.15) is 32.5 Å². The predicted molar refractivity (Wildman–Crippen MR) is 60.7 cm³/mol. The van der Waals surface area contributed by atoms with Gasteiger partial charge in [-0.15, -0.1) is 0 Å². The van der Waals surface area contributed by atoms with E-state index in [0.29, 0.717) is 0 Å². The van der Waals surface area contributed by atoms with Gasteiger partial charge in [0, 0.05) is 38.3 Å². The zero-order valence-corrected chi connectivity index (χ0v) is 11.2. The van der Waals surface area contributed by atoms with Gasteiger partial charge in [-0.05, 0) is 6.42 Å². The largest absolute Gasteiger partial charge is 0.255 e. The molecule has 2 nitrogen and oxygen atoms in total. The molecule has 0 bridgehead atoms. The lowest BCUT2D eigenvalue weighted by Gasteiger charge is -1.98. The van der Waals surface area contributed by atoms with Crippen LogP contribution < -0.4 is 4.57 Å². The van der Waals surface area contributed by atoms with Gasteiger partial charge < -0.3 is 0 Å². The fourth-order valence-corrected chi connectivity index (χ4v) is 2.24. The first kappa shape index (κ1) is 11.2. The van der Waals surface area contributed by atoms with Crippen molar-refractivity contribution in [3.8, 4) is 0 Å². The van der Waals surface area contributed by atoms with Crippen molar-refractivity contribution >= 4 is 31.9 Å². The Bertz CT molecular complexity index is 281. The molecule has 0 saturated heterocycles. The minimum Gasteiger partial charge on any atom is -0.234 e. The van der Waals surface area contributed by atoms with Gasteiger partial charge in [0.1, 0.15) is 0 Å². The Morgan fingerprint density at radius 3 is 2.54 bits per heavy atom. The number of hydrogen-bond acceptors (Lipinski definition) is 0. The van der Waals surface area contributed by atoms with Crippen LogP contribution in [0.3, 0.4) is 0 Å². The second-order valence-corrected chi connectivity index (χ2v) is 4.58. The number of hydrogen-bond donors (Lipinski definition) is 1. The Morgan fingerprint density at radius 2 is 2.00 bits per heavy atom. The maximum Gasteiger partial charge on any atom is 0.255 e. The fraction of sp³-hybridized carbons (Fsp3) is 0.667. The molecule has 4 heteroatoms. The van der Waals surface area contributed by atoms with Gasteiger partial charge in [-0.25, -0.2) is 9.55 Å². The number of aromatic nitrogens is 2. The molecule has 0 fully saturated rings. The monoisotopic (exact) mass is 309 g/mol. The van der Waals surface area contributed by atoms with Crippen LogP contribution >= 0.6 is 31.9 Å². The average Bonchev–Trinajstić information content (AvgIpc) is 2.40. The third-order valence-corrected chi connectivity index (χ3v) is 4.00. The molecular weight excluding hydrogens is 296 g/mol. The maximum absolute atomic E-state index is 3.56. The molecule has 0 aromatic carbocycles. The summed E-state index contributed by atoms with van der Waals surface area (Å²) in [7, 11) is 0. The van der Waals surface area contributed by atoms with Crippen LogP contribution in [0.15, 0.2) is 9.21 Å². The van der Waals surface area contributed by atoms with Crippen LogP contribution in [0.4, 0.5) is 0 Å². The van der Waals surface area contributed by atoms with E-state index in [0.717, 1.165) is 22.2 Å². The Balaban J connectivity index is 2.88. The molecule has 0 atom stereocenters. The number of H-pyrrole nitrogens is 1. The third-order valence-electron chi connectivity index (χ3n) is 2.07. The minimum absolute atomic E-state index is 1.04. The van der Waals surface area contributed by atoms with Gasteiger partial charge in [0.05, 0.1) is 6.54 Å². The summed E-state index contributed by atoms with van der Waals surface area (Å²) in [5.74, 6) is 1.27. The first-order valence-corrected chi connectivity index (χ1v) is 6.25. The summed E-state index contributed by atoms with van der Waals surface area (Å²) in [4.78, 5) is 3.30. The second-order valence-electron chi connectivity index (χ2n) is 3.04. The molecule has 0 saturated carbocycles. The van der Waals surface area contributed by atoms with E-state index in [4.69, 9.17) is 0 Å². The molecule has 0 spiro atoms. The Morgan fingerprint density at radius 1 is 1.31 bits per heavy atom. The van der Waals surface area contributed by atoms with Gasteiger partial charge in [-0.3, -0.25) is 0 Å². The summed E-state index contributed by atoms with van der Waals surface area (Å²) in [5, 5.41) is 0. The van der Waals surface area contributed by atoms with E-state index in [1.807, 2.05) is 0 Å². The van der Waals surface area contributed by atoms with E-state index in [9.17, 15) is 0 Å². The van der Waals surface area contributed by atoms with Crippen molar-refractivity contribution in [2.24, 2.45) is 0 Å². The molecule has 0 radical (unpaired) electrons. The smallest absolute Gasteiger partial charge is 0.234 e. The van der Waals surface area contributed by atoms with Crippen LogP contribution in [-0.2, 0) is 13.0 Å². The molecule has 0 unspecified atom stereocenters. The van der Waals surface area contributed by atoms with Gasteiger partial charge in [0.15, 0.2) is 0 Å². The summed E-state index contributed by atoms with van der Waals surface area (Å²) >= 11 is 7.03. The molecular formula is C9H15Br2N2+. The Hall–Kier alpha value is 0.170. The average molecular weight is 311 g/mol. The van der Waals surface area contributed by atoms with Crippen LogP contribution in [0.2, 0.25) is 0 Å². The number of unbranched alkanes of at least 4 members (excludes halogenated alkanes) is 1. The molecule has 74 valence electrons. The van der Waals surface area contributed by atoms with E-state index >= 15 is 0 Å². The van der Waals surface area contributed by atoms with Crippen molar-refractivity contribution < 1.29 is 4.57 Å². The number of nitrogens with one attached hydrogen (secondary N) is 1. The highest BCUT2D eigenvalue weighted by atomic mass is 79.9. The molecule has 0 aliphatic heterocycles. The molecule has 0 aliphatic carbocycles. The van der Waals surface area contributed by atoms with Crippen molar-refractivity contribution in [3.05, 3.63) is 15.0 Å². The first-order chi connectivity index (χ1) is 6.20. The second kappa shape index (κ2) is 5.15. The van der Waals surface area contributed by atoms with E-state index in [-0.39, 0.29) is 0 Å². The fourth-order valence-electron chi connectivity index (χ4n) is 1.31. The van der Waals surface area contributed by atoms with Crippen molar-refractivity contribution in [2.45, 2.75) is 39.7 Å². The topological polar surface area (TPSA) is 19.7 Å². The van der Waals surface area contributed by atoms with Crippen molar-refractivity contribution in [2.75, 3.05) is 0 Å². The number of halogens is 2. The van der Waals surface area contributed by atoms with Crippen molar-refractivity contribution in [1.29, 1.82) is 0 Å². The molecule has 1 aromatic heterocycles. The summed E-state index contributed by atoms with van der Waals surface area (Å²) in [6.07, 6.45) is 3.49. The zero-order valence-electron chi connectivity index (χ0n) is 8.03. The van der Waals surface area contributed by atoms with Gasteiger partial charge in [-0.2, -0.15) is 0 Å². The Labute approximate surface area is 96.0 Å².